The van der Waals surface area contributed by atoms with E-state index in [9.17, 15) is 0 Å². The van der Waals surface area contributed by atoms with Crippen LogP contribution in [0.4, 0.5) is 5.82 Å². The number of anilines is 1. The maximum Gasteiger partial charge on any atom is 0.139 e. The van der Waals surface area contributed by atoms with Crippen molar-refractivity contribution in [1.29, 1.82) is 5.41 Å². The second-order valence-corrected chi connectivity index (χ2v) is 5.90. The number of rotatable bonds is 4. The van der Waals surface area contributed by atoms with Crippen LogP contribution in [-0.2, 0) is 17.6 Å². The molecule has 2 aliphatic rings. The standard InChI is InChI=1S/C16H24N4O/c1-2-21-12-6-4-8-20(10-12)16-13(15(17)18)9-11-5-3-7-14(11)19-16/h9,12H,2-8,10H2,1H3,(H3,17,18). The van der Waals surface area contributed by atoms with Gasteiger partial charge < -0.3 is 15.4 Å². The molecule has 0 spiro atoms. The summed E-state index contributed by atoms with van der Waals surface area (Å²) in [6.07, 6.45) is 5.72. The maximum absolute atomic E-state index is 7.87. The Bertz CT molecular complexity index is 541. The summed E-state index contributed by atoms with van der Waals surface area (Å²) >= 11 is 0. The minimum absolute atomic E-state index is 0.116. The number of aryl methyl sites for hydroxylation is 2. The molecule has 5 nitrogen and oxygen atoms in total. The fourth-order valence-corrected chi connectivity index (χ4v) is 3.40. The first-order chi connectivity index (χ1) is 10.2. The second-order valence-electron chi connectivity index (χ2n) is 5.90. The molecular formula is C16H24N4O. The molecule has 0 bridgehead atoms. The van der Waals surface area contributed by atoms with Crippen LogP contribution in [0.15, 0.2) is 6.07 Å². The van der Waals surface area contributed by atoms with Gasteiger partial charge in [0.05, 0.1) is 11.7 Å². The van der Waals surface area contributed by atoms with Crippen LogP contribution < -0.4 is 10.6 Å². The third kappa shape index (κ3) is 2.88. The van der Waals surface area contributed by atoms with Crippen molar-refractivity contribution in [1.82, 2.24) is 4.98 Å². The van der Waals surface area contributed by atoms with Crippen molar-refractivity contribution in [3.63, 3.8) is 0 Å². The Morgan fingerprint density at radius 2 is 2.33 bits per heavy atom. The van der Waals surface area contributed by atoms with E-state index in [0.29, 0.717) is 0 Å². The summed E-state index contributed by atoms with van der Waals surface area (Å²) in [5.74, 6) is 0.998. The molecule has 3 N–H and O–H groups in total. The van der Waals surface area contributed by atoms with E-state index < -0.39 is 0 Å². The van der Waals surface area contributed by atoms with Crippen molar-refractivity contribution in [3.05, 3.63) is 22.9 Å². The smallest absolute Gasteiger partial charge is 0.139 e. The lowest BCUT2D eigenvalue weighted by Crippen LogP contribution is -2.41. The highest BCUT2D eigenvalue weighted by molar-refractivity contribution is 6.00. The van der Waals surface area contributed by atoms with E-state index in [1.54, 1.807) is 0 Å². The molecule has 21 heavy (non-hydrogen) atoms. The van der Waals surface area contributed by atoms with Gasteiger partial charge in [-0.15, -0.1) is 0 Å². The average molecular weight is 288 g/mol. The van der Waals surface area contributed by atoms with Gasteiger partial charge in [0.1, 0.15) is 11.7 Å². The highest BCUT2D eigenvalue weighted by Crippen LogP contribution is 2.29. The number of nitrogens with one attached hydrogen (secondary N) is 1. The zero-order chi connectivity index (χ0) is 14.8. The van der Waals surface area contributed by atoms with Crippen LogP contribution in [0.3, 0.4) is 0 Å². The number of ether oxygens (including phenoxy) is 1. The highest BCUT2D eigenvalue weighted by Gasteiger charge is 2.26. The van der Waals surface area contributed by atoms with Crippen LogP contribution >= 0.6 is 0 Å². The SMILES string of the molecule is CCOC1CCCN(c2nc3c(cc2C(=N)N)CCC3)C1. The van der Waals surface area contributed by atoms with Gasteiger partial charge in [-0.2, -0.15) is 0 Å². The Balaban J connectivity index is 1.91. The Morgan fingerprint density at radius 3 is 3.10 bits per heavy atom. The molecule has 2 heterocycles. The molecule has 1 aromatic rings. The zero-order valence-corrected chi connectivity index (χ0v) is 12.7. The lowest BCUT2D eigenvalue weighted by molar-refractivity contribution is 0.0525. The number of pyridine rings is 1. The molecule has 1 saturated heterocycles. The van der Waals surface area contributed by atoms with Crippen LogP contribution in [0, 0.1) is 5.41 Å². The first-order valence-electron chi connectivity index (χ1n) is 7.92. The molecule has 1 aliphatic carbocycles. The van der Waals surface area contributed by atoms with Crippen LogP contribution in [0.1, 0.15) is 43.0 Å². The predicted octanol–water partition coefficient (Wildman–Crippen LogP) is 1.86. The van der Waals surface area contributed by atoms with Gasteiger partial charge in [-0.1, -0.05) is 0 Å². The predicted molar refractivity (Wildman–Crippen MR) is 84.1 cm³/mol. The number of aromatic nitrogens is 1. The lowest BCUT2D eigenvalue weighted by Gasteiger charge is -2.34. The largest absolute Gasteiger partial charge is 0.384 e. The molecule has 1 fully saturated rings. The summed E-state index contributed by atoms with van der Waals surface area (Å²) in [7, 11) is 0. The van der Waals surface area contributed by atoms with Crippen molar-refractivity contribution in [2.45, 2.75) is 45.1 Å². The minimum atomic E-state index is 0.116. The Morgan fingerprint density at radius 1 is 1.48 bits per heavy atom. The normalized spacial score (nSPS) is 21.4. The molecule has 3 rings (SSSR count). The molecule has 1 aliphatic heterocycles. The number of amidine groups is 1. The van der Waals surface area contributed by atoms with Gasteiger partial charge in [-0.05, 0) is 50.7 Å². The summed E-state index contributed by atoms with van der Waals surface area (Å²) in [5, 5.41) is 7.87. The van der Waals surface area contributed by atoms with Crippen molar-refractivity contribution in [2.24, 2.45) is 5.73 Å². The summed E-state index contributed by atoms with van der Waals surface area (Å²) < 4.78 is 5.77. The fourth-order valence-electron chi connectivity index (χ4n) is 3.40. The van der Waals surface area contributed by atoms with Gasteiger partial charge in [-0.3, -0.25) is 5.41 Å². The molecule has 0 amide bonds. The Kier molecular flexibility index (Phi) is 4.10. The summed E-state index contributed by atoms with van der Waals surface area (Å²) in [4.78, 5) is 7.09. The fraction of sp³-hybridized carbons (Fsp3) is 0.625. The third-order valence-corrected chi connectivity index (χ3v) is 4.40. The maximum atomic E-state index is 7.87. The Labute approximate surface area is 126 Å². The van der Waals surface area contributed by atoms with Crippen LogP contribution in [0.2, 0.25) is 0 Å². The molecule has 5 heteroatoms. The highest BCUT2D eigenvalue weighted by atomic mass is 16.5. The van der Waals surface area contributed by atoms with Crippen LogP contribution in [0.25, 0.3) is 0 Å². The van der Waals surface area contributed by atoms with Crippen molar-refractivity contribution in [3.8, 4) is 0 Å². The number of nitrogens with two attached hydrogens (primary N) is 1. The summed E-state index contributed by atoms with van der Waals surface area (Å²) in [6, 6.07) is 2.08. The molecule has 0 radical (unpaired) electrons. The second kappa shape index (κ2) is 6.02. The minimum Gasteiger partial charge on any atom is -0.384 e. The number of hydrogen-bond donors (Lipinski definition) is 2. The number of nitrogens with zero attached hydrogens (tertiary/aromatic N) is 2. The zero-order valence-electron chi connectivity index (χ0n) is 12.7. The summed E-state index contributed by atoms with van der Waals surface area (Å²) in [6.45, 7) is 4.60. The number of hydrogen-bond acceptors (Lipinski definition) is 4. The molecule has 1 atom stereocenters. The first kappa shape index (κ1) is 14.3. The van der Waals surface area contributed by atoms with Crippen molar-refractivity contribution >= 4 is 11.7 Å². The van der Waals surface area contributed by atoms with E-state index in [-0.39, 0.29) is 11.9 Å². The van der Waals surface area contributed by atoms with Crippen LogP contribution in [-0.4, -0.2) is 36.6 Å². The molecule has 0 aromatic carbocycles. The van der Waals surface area contributed by atoms with E-state index in [1.807, 2.05) is 6.92 Å². The van der Waals surface area contributed by atoms with Gasteiger partial charge in [-0.25, -0.2) is 4.98 Å². The number of fused-ring (bicyclic) bond motifs is 1. The van der Waals surface area contributed by atoms with E-state index >= 15 is 0 Å². The number of piperidine rings is 1. The lowest BCUT2D eigenvalue weighted by atomic mass is 10.1. The summed E-state index contributed by atoms with van der Waals surface area (Å²) in [5.41, 5.74) is 9.03. The van der Waals surface area contributed by atoms with Gasteiger partial charge >= 0.3 is 0 Å². The molecule has 114 valence electrons. The van der Waals surface area contributed by atoms with Crippen molar-refractivity contribution in [2.75, 3.05) is 24.6 Å². The molecular weight excluding hydrogens is 264 g/mol. The van der Waals surface area contributed by atoms with Crippen molar-refractivity contribution < 1.29 is 4.74 Å². The third-order valence-electron chi connectivity index (χ3n) is 4.40. The monoisotopic (exact) mass is 288 g/mol. The van der Waals surface area contributed by atoms with Gasteiger partial charge in [0.2, 0.25) is 0 Å². The van der Waals surface area contributed by atoms with Gasteiger partial charge in [0.25, 0.3) is 0 Å². The van der Waals surface area contributed by atoms with E-state index in [4.69, 9.17) is 20.9 Å². The quantitative estimate of drug-likeness (QED) is 0.655. The van der Waals surface area contributed by atoms with E-state index in [2.05, 4.69) is 11.0 Å². The van der Waals surface area contributed by atoms with E-state index in [1.165, 1.54) is 11.3 Å². The molecule has 1 unspecified atom stereocenters. The topological polar surface area (TPSA) is 75.2 Å². The average Bonchev–Trinajstić information content (AvgIpc) is 2.94. The Hall–Kier alpha value is -1.62. The van der Waals surface area contributed by atoms with Gasteiger partial charge in [0.15, 0.2) is 0 Å². The molecule has 1 aromatic heterocycles. The van der Waals surface area contributed by atoms with E-state index in [0.717, 1.165) is 63.2 Å². The van der Waals surface area contributed by atoms with Gasteiger partial charge in [0, 0.05) is 25.4 Å². The first-order valence-corrected chi connectivity index (χ1v) is 7.92. The number of nitrogen functional groups attached to an aromatic ring is 1. The van der Waals surface area contributed by atoms with Crippen LogP contribution in [0.5, 0.6) is 0 Å². The molecule has 0 saturated carbocycles.